The van der Waals surface area contributed by atoms with E-state index in [4.69, 9.17) is 0 Å². The van der Waals surface area contributed by atoms with Crippen LogP contribution in [0.2, 0.25) is 0 Å². The van der Waals surface area contributed by atoms with E-state index < -0.39 is 48.2 Å². The molecular formula is C35H54N6O6. The molecule has 0 aliphatic heterocycles. The highest BCUT2D eigenvalue weighted by atomic mass is 16.2. The largest absolute Gasteiger partial charge is 0.347 e. The molecule has 0 radical (unpaired) electrons. The van der Waals surface area contributed by atoms with Crippen LogP contribution in [0.4, 0.5) is 0 Å². The van der Waals surface area contributed by atoms with Crippen LogP contribution in [-0.4, -0.2) is 91.6 Å². The van der Waals surface area contributed by atoms with Crippen molar-refractivity contribution < 1.29 is 28.8 Å². The van der Waals surface area contributed by atoms with Gasteiger partial charge in [-0.15, -0.1) is 0 Å². The number of fused-ring (bicyclic) bond motifs is 2. The fraction of sp³-hybridized carbons (Fsp3) is 0.657. The summed E-state index contributed by atoms with van der Waals surface area (Å²) in [6, 6.07) is 5.96. The highest BCUT2D eigenvalue weighted by molar-refractivity contribution is 5.97. The van der Waals surface area contributed by atoms with Crippen LogP contribution in [0.1, 0.15) is 95.5 Å². The van der Waals surface area contributed by atoms with Crippen molar-refractivity contribution in [1.29, 1.82) is 0 Å². The van der Waals surface area contributed by atoms with Gasteiger partial charge in [0.1, 0.15) is 17.9 Å². The molecule has 5 amide bonds. The van der Waals surface area contributed by atoms with Crippen LogP contribution >= 0.6 is 0 Å². The quantitative estimate of drug-likeness (QED) is 0.160. The van der Waals surface area contributed by atoms with Gasteiger partial charge in [0.2, 0.25) is 23.6 Å². The fourth-order valence-electron chi connectivity index (χ4n) is 6.54. The van der Waals surface area contributed by atoms with E-state index in [9.17, 15) is 28.8 Å². The molecule has 260 valence electrons. The topological polar surface area (TPSA) is 166 Å². The van der Waals surface area contributed by atoms with Crippen molar-refractivity contribution in [3.8, 4) is 0 Å². The molecule has 0 heterocycles. The van der Waals surface area contributed by atoms with Gasteiger partial charge in [-0.05, 0) is 101 Å². The Bertz CT molecular complexity index is 1280. The maximum Gasteiger partial charge on any atom is 0.251 e. The molecule has 2 fully saturated rings. The number of nitrogens with zero attached hydrogens (tertiary/aromatic N) is 1. The van der Waals surface area contributed by atoms with Gasteiger partial charge >= 0.3 is 0 Å². The smallest absolute Gasteiger partial charge is 0.251 e. The molecule has 2 saturated carbocycles. The van der Waals surface area contributed by atoms with Gasteiger partial charge in [0.25, 0.3) is 5.91 Å². The molecule has 12 nitrogen and oxygen atoms in total. The minimum atomic E-state index is -0.972. The summed E-state index contributed by atoms with van der Waals surface area (Å²) in [4.78, 5) is 76.7. The van der Waals surface area contributed by atoms with Crippen LogP contribution in [0.5, 0.6) is 0 Å². The predicted molar refractivity (Wildman–Crippen MR) is 179 cm³/mol. The number of rotatable bonds is 17. The maximum atomic E-state index is 12.8. The first-order chi connectivity index (χ1) is 22.1. The number of Topliss-reactive ketones (excluding diaryl/α,β-unsaturated/α-hetero) is 1. The molecule has 1 aromatic carbocycles. The first-order valence-corrected chi connectivity index (χ1v) is 16.9. The summed E-state index contributed by atoms with van der Waals surface area (Å²) in [7, 11) is 2.17. The minimum absolute atomic E-state index is 0.0515. The van der Waals surface area contributed by atoms with E-state index in [0.717, 1.165) is 30.4 Å². The monoisotopic (exact) mass is 654 g/mol. The van der Waals surface area contributed by atoms with E-state index in [1.165, 1.54) is 39.5 Å². The molecule has 5 unspecified atom stereocenters. The van der Waals surface area contributed by atoms with Crippen molar-refractivity contribution in [1.82, 2.24) is 31.5 Å². The maximum absolute atomic E-state index is 12.8. The number of amides is 5. The molecule has 5 atom stereocenters. The predicted octanol–water partition coefficient (Wildman–Crippen LogP) is 1.82. The number of hydrogen-bond donors (Lipinski definition) is 5. The summed E-state index contributed by atoms with van der Waals surface area (Å²) in [5.74, 6) is -1.13. The van der Waals surface area contributed by atoms with E-state index in [0.29, 0.717) is 24.4 Å². The molecule has 1 aromatic rings. The second kappa shape index (κ2) is 17.4. The normalized spacial score (nSPS) is 19.9. The number of nitrogens with one attached hydrogen (secondary N) is 5. The average molecular weight is 655 g/mol. The lowest BCUT2D eigenvalue weighted by Crippen LogP contribution is -2.52. The van der Waals surface area contributed by atoms with Gasteiger partial charge in [-0.2, -0.15) is 0 Å². The zero-order valence-electron chi connectivity index (χ0n) is 28.9. The van der Waals surface area contributed by atoms with Crippen molar-refractivity contribution >= 4 is 35.3 Å². The summed E-state index contributed by atoms with van der Waals surface area (Å²) in [5.41, 5.74) is 1.44. The first kappa shape index (κ1) is 37.7. The van der Waals surface area contributed by atoms with Crippen LogP contribution in [0, 0.1) is 11.8 Å². The lowest BCUT2D eigenvalue weighted by molar-refractivity contribution is -0.131. The highest BCUT2D eigenvalue weighted by Crippen LogP contribution is 2.46. The number of hydrogen-bond acceptors (Lipinski definition) is 7. The third kappa shape index (κ3) is 12.1. The van der Waals surface area contributed by atoms with Crippen LogP contribution in [0.3, 0.4) is 0 Å². The van der Waals surface area contributed by atoms with Gasteiger partial charge in [0.15, 0.2) is 0 Å². The van der Waals surface area contributed by atoms with Crippen LogP contribution in [0.25, 0.3) is 0 Å². The Morgan fingerprint density at radius 3 is 2.06 bits per heavy atom. The van der Waals surface area contributed by atoms with Crippen LogP contribution in [-0.2, 0) is 29.4 Å². The van der Waals surface area contributed by atoms with Crippen molar-refractivity contribution in [3.63, 3.8) is 0 Å². The Labute approximate surface area is 278 Å². The van der Waals surface area contributed by atoms with E-state index in [2.05, 4.69) is 59.3 Å². The third-order valence-corrected chi connectivity index (χ3v) is 9.30. The van der Waals surface area contributed by atoms with Gasteiger partial charge in [-0.3, -0.25) is 28.8 Å². The van der Waals surface area contributed by atoms with Crippen molar-refractivity contribution in [2.75, 3.05) is 33.2 Å². The summed E-state index contributed by atoms with van der Waals surface area (Å²) in [6.07, 6.45) is 7.25. The molecule has 2 aliphatic carbocycles. The Hall–Kier alpha value is -3.80. The van der Waals surface area contributed by atoms with Crippen molar-refractivity contribution in [2.24, 2.45) is 11.8 Å². The summed E-state index contributed by atoms with van der Waals surface area (Å²) < 4.78 is 0. The van der Waals surface area contributed by atoms with Gasteiger partial charge in [0.05, 0.1) is 19.6 Å². The van der Waals surface area contributed by atoms with Crippen molar-refractivity contribution in [3.05, 3.63) is 35.4 Å². The lowest BCUT2D eigenvalue weighted by atomic mass is 9.87. The Kier molecular flexibility index (Phi) is 13.9. The Morgan fingerprint density at radius 1 is 0.830 bits per heavy atom. The number of carbonyl (C=O) groups is 6. The lowest BCUT2D eigenvalue weighted by Gasteiger charge is -2.31. The second-order valence-electron chi connectivity index (χ2n) is 14.3. The zero-order chi connectivity index (χ0) is 34.7. The fourth-order valence-corrected chi connectivity index (χ4v) is 6.54. The molecule has 0 saturated heterocycles. The Balaban J connectivity index is 1.39. The standard InChI is InChI=1S/C35H54N6O6/c1-22(42)19-36-34(47)28(9-7-8-16-41(6)29-18-24-10-11-26(29)17-24)40-31(44)21-37-32(45)23(2)39-30(43)20-38-33(46)25-12-14-27(15-13-25)35(3,4)5/h12-15,23-24,26,28-29H,7-11,16-21H2,1-6H3,(H,36,47)(H,37,45)(H,38,46)(H,39,43)(H,40,44). The SMILES string of the molecule is CC(=O)CNC(=O)C(CCCCN(C)C1CC2CCC1C2)NC(=O)CNC(=O)C(C)NC(=O)CNC(=O)c1ccc(C(C)(C)C)cc1. The molecule has 12 heteroatoms. The summed E-state index contributed by atoms with van der Waals surface area (Å²) in [6.45, 7) is 9.11. The molecule has 0 spiro atoms. The Morgan fingerprint density at radius 2 is 1.47 bits per heavy atom. The highest BCUT2D eigenvalue weighted by Gasteiger charge is 2.41. The summed E-state index contributed by atoms with van der Waals surface area (Å²) >= 11 is 0. The number of carbonyl (C=O) groups excluding carboxylic acids is 6. The van der Waals surface area contributed by atoms with E-state index >= 15 is 0 Å². The van der Waals surface area contributed by atoms with Gasteiger partial charge in [-0.1, -0.05) is 39.3 Å². The molecule has 3 rings (SSSR count). The van der Waals surface area contributed by atoms with Crippen molar-refractivity contribution in [2.45, 2.75) is 103 Å². The molecule has 0 aromatic heterocycles. The number of benzene rings is 1. The summed E-state index contributed by atoms with van der Waals surface area (Å²) in [5, 5.41) is 12.8. The van der Waals surface area contributed by atoms with Gasteiger partial charge in [0, 0.05) is 11.6 Å². The first-order valence-electron chi connectivity index (χ1n) is 16.9. The number of ketones is 1. The number of unbranched alkanes of at least 4 members (excludes halogenated alkanes) is 1. The van der Waals surface area contributed by atoms with Gasteiger partial charge in [-0.25, -0.2) is 0 Å². The zero-order valence-corrected chi connectivity index (χ0v) is 28.9. The molecular weight excluding hydrogens is 600 g/mol. The van der Waals surface area contributed by atoms with E-state index in [-0.39, 0.29) is 24.3 Å². The molecule has 5 N–H and O–H groups in total. The molecule has 47 heavy (non-hydrogen) atoms. The average Bonchev–Trinajstić information content (AvgIpc) is 3.66. The van der Waals surface area contributed by atoms with Gasteiger partial charge < -0.3 is 31.5 Å². The van der Waals surface area contributed by atoms with E-state index in [1.54, 1.807) is 12.1 Å². The molecule has 2 bridgehead atoms. The molecule has 2 aliphatic rings. The third-order valence-electron chi connectivity index (χ3n) is 9.30. The second-order valence-corrected chi connectivity index (χ2v) is 14.3. The minimum Gasteiger partial charge on any atom is -0.347 e. The van der Waals surface area contributed by atoms with E-state index in [1.807, 2.05) is 12.1 Å². The van der Waals surface area contributed by atoms with Crippen LogP contribution in [0.15, 0.2) is 24.3 Å². The van der Waals surface area contributed by atoms with Crippen LogP contribution < -0.4 is 26.6 Å².